The molecule has 0 N–H and O–H groups in total. The van der Waals surface area contributed by atoms with Gasteiger partial charge < -0.3 is 77.6 Å². The van der Waals surface area contributed by atoms with Gasteiger partial charge in [0.1, 0.15) is 36.3 Å². The highest BCUT2D eigenvalue weighted by Gasteiger charge is 2.20. The summed E-state index contributed by atoms with van der Waals surface area (Å²) in [7, 11) is 0. The van der Waals surface area contributed by atoms with Gasteiger partial charge in [-0.15, -0.1) is 0 Å². The maximum absolute atomic E-state index is 11.4. The molecule has 2 aromatic carbocycles. The van der Waals surface area contributed by atoms with Crippen LogP contribution in [0.25, 0.3) is 22.6 Å². The van der Waals surface area contributed by atoms with Crippen molar-refractivity contribution < 1.29 is 67.8 Å². The minimum absolute atomic E-state index is 0.0221. The van der Waals surface area contributed by atoms with Gasteiger partial charge in [0.2, 0.25) is 0 Å². The van der Waals surface area contributed by atoms with Crippen molar-refractivity contribution in [3.8, 4) is 23.1 Å². The highest BCUT2D eigenvalue weighted by molar-refractivity contribution is 6.30. The lowest BCUT2D eigenvalue weighted by atomic mass is 10.2. The van der Waals surface area contributed by atoms with Crippen LogP contribution in [0.15, 0.2) is 51.4 Å². The van der Waals surface area contributed by atoms with Crippen molar-refractivity contribution in [2.45, 2.75) is 0 Å². The van der Waals surface area contributed by atoms with E-state index in [1.165, 1.54) is 36.4 Å². The first-order valence-corrected chi connectivity index (χ1v) is 13.3. The molecular weight excluding hydrogens is 638 g/mol. The second-order valence-electron chi connectivity index (χ2n) is 9.29. The zero-order valence-corrected chi connectivity index (χ0v) is 24.0. The van der Waals surface area contributed by atoms with Gasteiger partial charge in [-0.2, -0.15) is 0 Å². The summed E-state index contributed by atoms with van der Waals surface area (Å²) in [6.45, 7) is -3.97. The molecule has 0 saturated heterocycles. The van der Waals surface area contributed by atoms with E-state index in [-0.39, 0.29) is 58.3 Å². The van der Waals surface area contributed by atoms with Gasteiger partial charge in [-0.05, 0) is 24.3 Å². The summed E-state index contributed by atoms with van der Waals surface area (Å²) in [4.78, 5) is 61.9. The zero-order valence-electron chi connectivity index (χ0n) is 23.2. The van der Waals surface area contributed by atoms with Crippen LogP contribution in [0.1, 0.15) is 10.6 Å². The molecule has 0 unspecified atom stereocenters. The van der Waals surface area contributed by atoms with Gasteiger partial charge in [0, 0.05) is 22.5 Å². The minimum atomic E-state index is -1.63. The first kappa shape index (κ1) is 32.9. The average Bonchev–Trinajstić information content (AvgIpc) is 3.61. The van der Waals surface area contributed by atoms with Crippen molar-refractivity contribution >= 4 is 63.8 Å². The lowest BCUT2D eigenvalue weighted by Gasteiger charge is -2.28. The van der Waals surface area contributed by atoms with Crippen LogP contribution in [0.4, 0.5) is 11.4 Å². The van der Waals surface area contributed by atoms with Gasteiger partial charge in [-0.3, -0.25) is 0 Å². The Balaban J connectivity index is 1.63. The largest absolute Gasteiger partial charge is 0.548 e. The van der Waals surface area contributed by atoms with Crippen molar-refractivity contribution in [1.82, 2.24) is 4.98 Å². The fraction of sp³-hybridized carbons (Fsp3) is 0.214. The van der Waals surface area contributed by atoms with Crippen LogP contribution >= 0.6 is 11.6 Å². The van der Waals surface area contributed by atoms with Crippen molar-refractivity contribution in [3.05, 3.63) is 53.4 Å². The van der Waals surface area contributed by atoms with Crippen LogP contribution in [-0.2, 0) is 19.2 Å². The number of carbonyl (C=O) groups excluding carboxylic acids is 5. The molecule has 46 heavy (non-hydrogen) atoms. The summed E-state index contributed by atoms with van der Waals surface area (Å²) in [5, 5.41) is 56.8. The van der Waals surface area contributed by atoms with Crippen LogP contribution < -0.4 is 44.8 Å². The maximum atomic E-state index is 11.4. The predicted octanol–water partition coefficient (Wildman–Crippen LogP) is -3.83. The number of nitrogens with zero attached hydrogens (tertiary/aromatic N) is 3. The normalized spacial score (nSPS) is 10.8. The Hall–Kier alpha value is -5.97. The van der Waals surface area contributed by atoms with Gasteiger partial charge in [0.25, 0.3) is 5.89 Å². The molecule has 0 radical (unpaired) electrons. The number of ether oxygens (including phenoxy) is 2. The quantitative estimate of drug-likeness (QED) is 0.0985. The maximum Gasteiger partial charge on any atom is 0.263 e. The number of hydrogen-bond donors (Lipinski definition) is 0. The molecule has 242 valence electrons. The molecule has 0 aliphatic carbocycles. The van der Waals surface area contributed by atoms with E-state index in [4.69, 9.17) is 29.9 Å². The molecular formula is C28H19ClN3O14-5. The molecule has 0 atom stereocenters. The first-order chi connectivity index (χ1) is 21.8. The number of aliphatic carboxylic acids is 4. The highest BCUT2D eigenvalue weighted by atomic mass is 35.5. The van der Waals surface area contributed by atoms with Gasteiger partial charge in [-0.1, -0.05) is 11.6 Å². The van der Waals surface area contributed by atoms with Crippen molar-refractivity contribution in [3.63, 3.8) is 0 Å². The molecule has 0 fully saturated rings. The van der Waals surface area contributed by atoms with Gasteiger partial charge in [0.05, 0.1) is 67.6 Å². The molecule has 4 aromatic rings. The number of aromatic carboxylic acids is 1. The molecule has 4 rings (SSSR count). The number of oxazole rings is 1. The summed E-state index contributed by atoms with van der Waals surface area (Å²) >= 11 is 6.05. The van der Waals surface area contributed by atoms with E-state index in [9.17, 15) is 49.5 Å². The lowest BCUT2D eigenvalue weighted by Crippen LogP contribution is -2.44. The summed E-state index contributed by atoms with van der Waals surface area (Å²) < 4.78 is 22.3. The number of anilines is 2. The lowest BCUT2D eigenvalue weighted by molar-refractivity contribution is -0.307. The Morgan fingerprint density at radius 2 is 1.26 bits per heavy atom. The Kier molecular flexibility index (Phi) is 10.2. The van der Waals surface area contributed by atoms with E-state index >= 15 is 0 Å². The number of fused-ring (bicyclic) bond motifs is 1. The average molecular weight is 657 g/mol. The fourth-order valence-corrected chi connectivity index (χ4v) is 4.41. The highest BCUT2D eigenvalue weighted by Crippen LogP contribution is 2.37. The van der Waals surface area contributed by atoms with E-state index < -0.39 is 61.8 Å². The van der Waals surface area contributed by atoms with Crippen LogP contribution in [0.5, 0.6) is 11.5 Å². The molecule has 2 aromatic heterocycles. The van der Waals surface area contributed by atoms with E-state index in [1.54, 1.807) is 0 Å². The first-order valence-electron chi connectivity index (χ1n) is 12.9. The number of halogens is 1. The number of hydrogen-bond acceptors (Lipinski definition) is 17. The SMILES string of the molecule is O=C([O-])CN(CC(=O)[O-])c1ccc(Cl)cc1OCCOc1cc2cc(-c3ncc(C(=O)[O-])o3)oc2cc1N(CC(=O)[O-])CC(=O)[O-]. The standard InChI is InChI=1S/C28H24ClN3O14/c29-15-1-2-16(31(10-23(33)34)11-24(35)36)20(7-15)44-4-3-43-19-5-14-6-21(27-30-9-22(46-27)28(41)42)45-18(14)8-17(19)32(12-25(37)38)13-26(39)40/h1-2,5-9H,3-4,10-13H2,(H,33,34)(H,35,36)(H,37,38)(H,39,40)(H,41,42)/p-5. The molecule has 0 saturated carbocycles. The zero-order chi connectivity index (χ0) is 33.5. The van der Waals surface area contributed by atoms with Crippen molar-refractivity contribution in [2.75, 3.05) is 49.2 Å². The molecule has 2 heterocycles. The smallest absolute Gasteiger partial charge is 0.263 e. The number of carboxylic acid groups (broad SMARTS) is 5. The summed E-state index contributed by atoms with van der Waals surface area (Å²) in [5.74, 6) is -8.93. The molecule has 0 spiro atoms. The fourth-order valence-electron chi connectivity index (χ4n) is 4.25. The Bertz CT molecular complexity index is 1770. The van der Waals surface area contributed by atoms with Crippen LogP contribution in [0.3, 0.4) is 0 Å². The van der Waals surface area contributed by atoms with Crippen LogP contribution in [0, 0.1) is 0 Å². The third kappa shape index (κ3) is 8.35. The predicted molar refractivity (Wildman–Crippen MR) is 143 cm³/mol. The number of rotatable bonds is 17. The summed E-state index contributed by atoms with van der Waals surface area (Å²) in [6, 6.07) is 8.03. The number of carboxylic acids is 5. The monoisotopic (exact) mass is 656 g/mol. The third-order valence-electron chi connectivity index (χ3n) is 6.00. The molecule has 18 heteroatoms. The number of aromatic nitrogens is 1. The molecule has 17 nitrogen and oxygen atoms in total. The van der Waals surface area contributed by atoms with E-state index in [2.05, 4.69) is 4.98 Å². The van der Waals surface area contributed by atoms with Crippen molar-refractivity contribution in [1.29, 1.82) is 0 Å². The minimum Gasteiger partial charge on any atom is -0.548 e. The molecule has 0 bridgehead atoms. The van der Waals surface area contributed by atoms with E-state index in [0.717, 1.165) is 16.0 Å². The molecule has 0 amide bonds. The topological polar surface area (TPSA) is 265 Å². The van der Waals surface area contributed by atoms with Gasteiger partial charge in [-0.25, -0.2) is 4.98 Å². The third-order valence-corrected chi connectivity index (χ3v) is 6.23. The summed E-state index contributed by atoms with van der Waals surface area (Å²) in [5.41, 5.74) is 0.0310. The van der Waals surface area contributed by atoms with E-state index in [1.807, 2.05) is 0 Å². The van der Waals surface area contributed by atoms with E-state index in [0.29, 0.717) is 5.39 Å². The van der Waals surface area contributed by atoms with Crippen LogP contribution in [0.2, 0.25) is 5.02 Å². The summed E-state index contributed by atoms with van der Waals surface area (Å²) in [6.07, 6.45) is 0.904. The second-order valence-corrected chi connectivity index (χ2v) is 9.73. The van der Waals surface area contributed by atoms with Gasteiger partial charge >= 0.3 is 0 Å². The second kappa shape index (κ2) is 14.2. The van der Waals surface area contributed by atoms with Gasteiger partial charge in [0.15, 0.2) is 11.5 Å². The molecule has 0 aliphatic heterocycles. The Morgan fingerprint density at radius 3 is 1.78 bits per heavy atom. The number of benzene rings is 2. The Labute approximate surface area is 262 Å². The Morgan fingerprint density at radius 1 is 0.717 bits per heavy atom. The molecule has 0 aliphatic rings. The van der Waals surface area contributed by atoms with Crippen LogP contribution in [-0.4, -0.2) is 74.2 Å². The number of carbonyl (C=O) groups is 5. The van der Waals surface area contributed by atoms with Crippen molar-refractivity contribution in [2.24, 2.45) is 0 Å². The number of furan rings is 1.